The van der Waals surface area contributed by atoms with Crippen LogP contribution in [0, 0.1) is 6.92 Å². The summed E-state index contributed by atoms with van der Waals surface area (Å²) in [6.07, 6.45) is 1.59. The summed E-state index contributed by atoms with van der Waals surface area (Å²) in [5, 5.41) is 5.37. The predicted molar refractivity (Wildman–Crippen MR) is 68.9 cm³/mol. The molecule has 0 bridgehead atoms. The number of hydrogen-bond donors (Lipinski definition) is 2. The van der Waals surface area contributed by atoms with Crippen molar-refractivity contribution < 1.29 is 0 Å². The van der Waals surface area contributed by atoms with E-state index < -0.39 is 0 Å². The molecule has 0 spiro atoms. The number of aryl methyl sites for hydroxylation is 1. The molecule has 2 aromatic heterocycles. The Morgan fingerprint density at radius 1 is 1.44 bits per heavy atom. The van der Waals surface area contributed by atoms with Gasteiger partial charge in [-0.3, -0.25) is 0 Å². The second-order valence-electron chi connectivity index (χ2n) is 4.66. The molecular formula is C11H16N4S. The first-order valence-corrected chi connectivity index (χ1v) is 6.07. The van der Waals surface area contributed by atoms with Gasteiger partial charge in [-0.15, -0.1) is 11.3 Å². The molecule has 16 heavy (non-hydrogen) atoms. The normalized spacial score (nSPS) is 12.0. The summed E-state index contributed by atoms with van der Waals surface area (Å²) in [6.45, 7) is 6.72. The summed E-state index contributed by atoms with van der Waals surface area (Å²) in [7, 11) is 0. The fourth-order valence-electron chi connectivity index (χ4n) is 1.41. The number of rotatable bonds is 3. The number of fused-ring (bicyclic) bond motifs is 1. The Morgan fingerprint density at radius 3 is 2.88 bits per heavy atom. The Bertz CT molecular complexity index is 498. The number of anilines is 1. The first kappa shape index (κ1) is 11.3. The van der Waals surface area contributed by atoms with Crippen LogP contribution in [-0.2, 0) is 0 Å². The number of aromatic nitrogens is 2. The van der Waals surface area contributed by atoms with Crippen LogP contribution in [0.25, 0.3) is 10.2 Å². The third kappa shape index (κ3) is 2.31. The van der Waals surface area contributed by atoms with E-state index >= 15 is 0 Å². The van der Waals surface area contributed by atoms with Crippen molar-refractivity contribution in [1.29, 1.82) is 0 Å². The number of nitrogens with zero attached hydrogens (tertiary/aromatic N) is 2. The quantitative estimate of drug-likeness (QED) is 0.857. The van der Waals surface area contributed by atoms with Crippen LogP contribution in [0.15, 0.2) is 11.7 Å². The summed E-state index contributed by atoms with van der Waals surface area (Å²) in [5.74, 6) is 0.877. The van der Waals surface area contributed by atoms with Gasteiger partial charge in [-0.25, -0.2) is 9.97 Å². The molecule has 86 valence electrons. The third-order valence-electron chi connectivity index (χ3n) is 2.24. The first-order valence-electron chi connectivity index (χ1n) is 5.19. The van der Waals surface area contributed by atoms with Gasteiger partial charge in [0.25, 0.3) is 0 Å². The van der Waals surface area contributed by atoms with Gasteiger partial charge in [0.2, 0.25) is 0 Å². The Morgan fingerprint density at radius 2 is 2.19 bits per heavy atom. The summed E-state index contributed by atoms with van der Waals surface area (Å²) in [4.78, 5) is 8.53. The van der Waals surface area contributed by atoms with Gasteiger partial charge in [0.05, 0.1) is 10.2 Å². The third-order valence-corrected chi connectivity index (χ3v) is 3.34. The maximum Gasteiger partial charge on any atom is 0.147 e. The monoisotopic (exact) mass is 236 g/mol. The van der Waals surface area contributed by atoms with Crippen molar-refractivity contribution in [3.63, 3.8) is 0 Å². The number of thiophene rings is 1. The van der Waals surface area contributed by atoms with Crippen molar-refractivity contribution >= 4 is 27.4 Å². The van der Waals surface area contributed by atoms with Crippen LogP contribution in [0.5, 0.6) is 0 Å². The summed E-state index contributed by atoms with van der Waals surface area (Å²) in [5.41, 5.74) is 7.90. The van der Waals surface area contributed by atoms with E-state index in [-0.39, 0.29) is 5.54 Å². The van der Waals surface area contributed by atoms with E-state index in [1.165, 1.54) is 5.56 Å². The highest BCUT2D eigenvalue weighted by molar-refractivity contribution is 7.18. The summed E-state index contributed by atoms with van der Waals surface area (Å²) < 4.78 is 1.10. The highest BCUT2D eigenvalue weighted by atomic mass is 32.1. The molecule has 0 fully saturated rings. The van der Waals surface area contributed by atoms with E-state index in [9.17, 15) is 0 Å². The Balaban J connectivity index is 2.31. The molecule has 2 aromatic rings. The lowest BCUT2D eigenvalue weighted by Crippen LogP contribution is -2.39. The van der Waals surface area contributed by atoms with Crippen LogP contribution in [0.1, 0.15) is 19.4 Å². The Kier molecular flexibility index (Phi) is 2.82. The fraction of sp³-hybridized carbons (Fsp3) is 0.455. The SMILES string of the molecule is Cc1csc2c(NCC(C)(C)N)ncnc12. The van der Waals surface area contributed by atoms with Gasteiger partial charge < -0.3 is 11.1 Å². The topological polar surface area (TPSA) is 63.8 Å². The maximum atomic E-state index is 5.93. The molecule has 4 nitrogen and oxygen atoms in total. The van der Waals surface area contributed by atoms with Crippen LogP contribution in [0.2, 0.25) is 0 Å². The van der Waals surface area contributed by atoms with Crippen molar-refractivity contribution in [3.05, 3.63) is 17.3 Å². The van der Waals surface area contributed by atoms with Gasteiger partial charge in [-0.2, -0.15) is 0 Å². The van der Waals surface area contributed by atoms with Crippen molar-refractivity contribution in [2.45, 2.75) is 26.3 Å². The van der Waals surface area contributed by atoms with Crippen LogP contribution >= 0.6 is 11.3 Å². The zero-order chi connectivity index (χ0) is 11.8. The highest BCUT2D eigenvalue weighted by Crippen LogP contribution is 2.28. The van der Waals surface area contributed by atoms with Crippen LogP contribution in [0.3, 0.4) is 0 Å². The van der Waals surface area contributed by atoms with Gasteiger partial charge >= 0.3 is 0 Å². The second kappa shape index (κ2) is 3.99. The number of hydrogen-bond acceptors (Lipinski definition) is 5. The van der Waals surface area contributed by atoms with Crippen molar-refractivity contribution in [2.24, 2.45) is 5.73 Å². The average molecular weight is 236 g/mol. The molecule has 0 saturated carbocycles. The number of nitrogens with two attached hydrogens (primary N) is 1. The largest absolute Gasteiger partial charge is 0.367 e. The zero-order valence-corrected chi connectivity index (χ0v) is 10.6. The van der Waals surface area contributed by atoms with Gasteiger partial charge in [0.1, 0.15) is 12.1 Å². The lowest BCUT2D eigenvalue weighted by molar-refractivity contribution is 0.549. The van der Waals surface area contributed by atoms with Gasteiger partial charge in [-0.1, -0.05) is 0 Å². The molecule has 2 heterocycles. The summed E-state index contributed by atoms with van der Waals surface area (Å²) >= 11 is 1.66. The summed E-state index contributed by atoms with van der Waals surface area (Å²) in [6, 6.07) is 0. The predicted octanol–water partition coefficient (Wildman–Crippen LogP) is 2.15. The van der Waals surface area contributed by atoms with Gasteiger partial charge in [0, 0.05) is 12.1 Å². The zero-order valence-electron chi connectivity index (χ0n) is 9.74. The second-order valence-corrected chi connectivity index (χ2v) is 5.54. The van der Waals surface area contributed by atoms with Crippen molar-refractivity contribution in [1.82, 2.24) is 9.97 Å². The minimum Gasteiger partial charge on any atom is -0.367 e. The standard InChI is InChI=1S/C11H16N4S/c1-7-4-16-9-8(7)14-6-15-10(9)13-5-11(2,3)12/h4,6H,5,12H2,1-3H3,(H,13,14,15). The minimum atomic E-state index is -0.246. The maximum absolute atomic E-state index is 5.93. The molecule has 0 radical (unpaired) electrons. The van der Waals surface area contributed by atoms with Crippen LogP contribution in [0.4, 0.5) is 5.82 Å². The molecule has 0 aromatic carbocycles. The van der Waals surface area contributed by atoms with Gasteiger partial charge in [0.15, 0.2) is 0 Å². The number of nitrogens with one attached hydrogen (secondary N) is 1. The molecule has 2 rings (SSSR count). The molecular weight excluding hydrogens is 220 g/mol. The van der Waals surface area contributed by atoms with E-state index in [0.717, 1.165) is 16.0 Å². The lowest BCUT2D eigenvalue weighted by Gasteiger charge is -2.19. The molecule has 0 unspecified atom stereocenters. The van der Waals surface area contributed by atoms with Crippen molar-refractivity contribution in [2.75, 3.05) is 11.9 Å². The van der Waals surface area contributed by atoms with E-state index in [2.05, 4.69) is 27.6 Å². The molecule has 3 N–H and O–H groups in total. The Labute approximate surface area is 98.9 Å². The van der Waals surface area contributed by atoms with E-state index in [1.807, 2.05) is 13.8 Å². The van der Waals surface area contributed by atoms with Crippen molar-refractivity contribution in [3.8, 4) is 0 Å². The van der Waals surface area contributed by atoms with Gasteiger partial charge in [-0.05, 0) is 31.7 Å². The van der Waals surface area contributed by atoms with Crippen LogP contribution in [-0.4, -0.2) is 22.1 Å². The van der Waals surface area contributed by atoms with E-state index in [4.69, 9.17) is 5.73 Å². The molecule has 0 aliphatic rings. The smallest absolute Gasteiger partial charge is 0.147 e. The molecule has 5 heteroatoms. The average Bonchev–Trinajstić information content (AvgIpc) is 2.57. The highest BCUT2D eigenvalue weighted by Gasteiger charge is 2.13. The Hall–Kier alpha value is -1.20. The molecule has 0 saturated heterocycles. The lowest BCUT2D eigenvalue weighted by atomic mass is 10.1. The van der Waals surface area contributed by atoms with E-state index in [0.29, 0.717) is 6.54 Å². The molecule has 0 atom stereocenters. The first-order chi connectivity index (χ1) is 7.47. The molecule has 0 aliphatic carbocycles. The minimum absolute atomic E-state index is 0.246. The van der Waals surface area contributed by atoms with E-state index in [1.54, 1.807) is 17.7 Å². The molecule has 0 amide bonds. The van der Waals surface area contributed by atoms with Crippen LogP contribution < -0.4 is 11.1 Å². The fourth-order valence-corrected chi connectivity index (χ4v) is 2.37. The molecule has 0 aliphatic heterocycles.